The van der Waals surface area contributed by atoms with Crippen molar-refractivity contribution in [3.8, 4) is 5.75 Å². The number of hydrogen-bond donors (Lipinski definition) is 0. The van der Waals surface area contributed by atoms with E-state index in [4.69, 9.17) is 14.6 Å². The molecule has 9 heteroatoms. The Balaban J connectivity index is 1.42. The quantitative estimate of drug-likeness (QED) is 0.392. The Morgan fingerprint density at radius 1 is 1.05 bits per heavy atom. The van der Waals surface area contributed by atoms with E-state index >= 15 is 0 Å². The van der Waals surface area contributed by atoms with Crippen LogP contribution in [0.25, 0.3) is 0 Å². The van der Waals surface area contributed by atoms with Crippen molar-refractivity contribution in [1.29, 1.82) is 0 Å². The van der Waals surface area contributed by atoms with Gasteiger partial charge in [-0.1, -0.05) is 48.0 Å². The summed E-state index contributed by atoms with van der Waals surface area (Å²) in [5, 5.41) is 6.28. The molecule has 2 aliphatic heterocycles. The van der Waals surface area contributed by atoms with Gasteiger partial charge in [-0.3, -0.25) is 14.5 Å². The molecule has 1 atom stereocenters. The third-order valence-corrected chi connectivity index (χ3v) is 7.51. The molecule has 0 spiro atoms. The summed E-state index contributed by atoms with van der Waals surface area (Å²) in [6.07, 6.45) is 0.521. The number of morpholine rings is 1. The SMILES string of the molecule is COc1cccc(C2=NN(C(=O)CN(CCN3CCOCC3)C(=O)c3cccc(F)c3)[C@H](c3ccc(C)cc3)C2)c1. The van der Waals surface area contributed by atoms with Gasteiger partial charge in [0.05, 0.1) is 32.1 Å². The van der Waals surface area contributed by atoms with Gasteiger partial charge in [0, 0.05) is 43.7 Å². The molecule has 0 aliphatic carbocycles. The van der Waals surface area contributed by atoms with Crippen molar-refractivity contribution in [2.24, 2.45) is 5.10 Å². The fourth-order valence-electron chi connectivity index (χ4n) is 5.14. The van der Waals surface area contributed by atoms with E-state index in [9.17, 15) is 14.0 Å². The minimum atomic E-state index is -0.498. The molecule has 5 rings (SSSR count). The van der Waals surface area contributed by atoms with Crippen LogP contribution in [0.5, 0.6) is 5.75 Å². The Bertz CT molecular complexity index is 1400. The van der Waals surface area contributed by atoms with Gasteiger partial charge >= 0.3 is 0 Å². The van der Waals surface area contributed by atoms with E-state index in [-0.39, 0.29) is 24.1 Å². The van der Waals surface area contributed by atoms with Gasteiger partial charge in [-0.05, 0) is 42.8 Å². The van der Waals surface area contributed by atoms with Crippen molar-refractivity contribution < 1.29 is 23.5 Å². The van der Waals surface area contributed by atoms with E-state index in [0.717, 1.165) is 35.5 Å². The highest BCUT2D eigenvalue weighted by Crippen LogP contribution is 2.34. The number of carbonyl (C=O) groups is 2. The molecule has 2 aliphatic rings. The lowest BCUT2D eigenvalue weighted by Crippen LogP contribution is -2.46. The number of rotatable bonds is 9. The van der Waals surface area contributed by atoms with E-state index in [0.29, 0.717) is 38.5 Å². The van der Waals surface area contributed by atoms with Crippen LogP contribution in [0.15, 0.2) is 77.9 Å². The number of hydrazone groups is 1. The van der Waals surface area contributed by atoms with E-state index in [1.54, 1.807) is 13.2 Å². The Morgan fingerprint density at radius 3 is 2.54 bits per heavy atom. The number of amides is 2. The second-order valence-electron chi connectivity index (χ2n) is 10.3. The van der Waals surface area contributed by atoms with Crippen molar-refractivity contribution in [3.05, 3.63) is 101 Å². The van der Waals surface area contributed by atoms with Crippen LogP contribution in [-0.2, 0) is 9.53 Å². The summed E-state index contributed by atoms with van der Waals surface area (Å²) >= 11 is 0. The second-order valence-corrected chi connectivity index (χ2v) is 10.3. The molecule has 3 aromatic carbocycles. The van der Waals surface area contributed by atoms with Gasteiger partial charge in [0.25, 0.3) is 11.8 Å². The van der Waals surface area contributed by atoms with Crippen LogP contribution < -0.4 is 4.74 Å². The Morgan fingerprint density at radius 2 is 1.80 bits per heavy atom. The first-order chi connectivity index (χ1) is 19.9. The standard InChI is InChI=1S/C32H35FN4O4/c1-23-9-11-24(12-10-23)30-21-29(25-5-4-8-28(20-25)40-2)34-37(30)31(38)22-36(14-13-35-15-17-41-18-16-35)32(39)26-6-3-7-27(33)19-26/h3-12,19-20,30H,13-18,21-22H2,1-2H3/t30-/m0/s1. The van der Waals surface area contributed by atoms with Crippen molar-refractivity contribution >= 4 is 17.5 Å². The summed E-state index contributed by atoms with van der Waals surface area (Å²) in [5.74, 6) is -0.493. The fourth-order valence-corrected chi connectivity index (χ4v) is 5.14. The average molecular weight is 559 g/mol. The fraction of sp³-hybridized carbons (Fsp3) is 0.344. The van der Waals surface area contributed by atoms with Crippen LogP contribution in [0, 0.1) is 12.7 Å². The number of aryl methyl sites for hydroxylation is 1. The van der Waals surface area contributed by atoms with Crippen LogP contribution in [0.2, 0.25) is 0 Å². The highest BCUT2D eigenvalue weighted by atomic mass is 19.1. The first-order valence-electron chi connectivity index (χ1n) is 13.9. The highest BCUT2D eigenvalue weighted by Gasteiger charge is 2.35. The third kappa shape index (κ3) is 6.99. The van der Waals surface area contributed by atoms with E-state index in [1.807, 2.05) is 55.5 Å². The van der Waals surface area contributed by atoms with Gasteiger partial charge in [-0.2, -0.15) is 5.10 Å². The Hall–Kier alpha value is -4.08. The summed E-state index contributed by atoms with van der Waals surface area (Å²) in [6.45, 7) is 5.50. The molecule has 0 bridgehead atoms. The highest BCUT2D eigenvalue weighted by molar-refractivity contribution is 6.04. The minimum Gasteiger partial charge on any atom is -0.497 e. The maximum atomic E-state index is 14.0. The molecular weight excluding hydrogens is 523 g/mol. The number of carbonyl (C=O) groups excluding carboxylic acids is 2. The van der Waals surface area contributed by atoms with Gasteiger partial charge in [-0.15, -0.1) is 0 Å². The van der Waals surface area contributed by atoms with Gasteiger partial charge < -0.3 is 14.4 Å². The largest absolute Gasteiger partial charge is 0.497 e. The molecule has 0 aromatic heterocycles. The first kappa shape index (κ1) is 28.4. The molecule has 0 N–H and O–H groups in total. The number of ether oxygens (including phenoxy) is 2. The zero-order chi connectivity index (χ0) is 28.8. The number of nitrogens with zero attached hydrogens (tertiary/aromatic N) is 4. The van der Waals surface area contributed by atoms with E-state index < -0.39 is 11.7 Å². The molecule has 2 heterocycles. The normalized spacial score (nSPS) is 17.3. The van der Waals surface area contributed by atoms with Gasteiger partial charge in [0.15, 0.2) is 0 Å². The molecule has 1 fully saturated rings. The summed E-state index contributed by atoms with van der Waals surface area (Å²) in [6, 6.07) is 20.9. The Labute approximate surface area is 240 Å². The molecule has 0 unspecified atom stereocenters. The monoisotopic (exact) mass is 558 g/mol. The van der Waals surface area contributed by atoms with Crippen LogP contribution in [0.3, 0.4) is 0 Å². The molecule has 2 amide bonds. The van der Waals surface area contributed by atoms with Crippen molar-refractivity contribution in [2.75, 3.05) is 53.0 Å². The summed E-state index contributed by atoms with van der Waals surface area (Å²) in [4.78, 5) is 31.2. The van der Waals surface area contributed by atoms with Crippen LogP contribution >= 0.6 is 0 Å². The maximum absolute atomic E-state index is 14.0. The predicted octanol–water partition coefficient (Wildman–Crippen LogP) is 4.30. The third-order valence-electron chi connectivity index (χ3n) is 7.51. The smallest absolute Gasteiger partial charge is 0.262 e. The number of methoxy groups -OCH3 is 1. The number of benzene rings is 3. The lowest BCUT2D eigenvalue weighted by atomic mass is 9.97. The molecule has 3 aromatic rings. The topological polar surface area (TPSA) is 74.7 Å². The van der Waals surface area contributed by atoms with Crippen LogP contribution in [-0.4, -0.2) is 85.4 Å². The zero-order valence-electron chi connectivity index (χ0n) is 23.5. The zero-order valence-corrected chi connectivity index (χ0v) is 23.5. The molecule has 41 heavy (non-hydrogen) atoms. The van der Waals surface area contributed by atoms with E-state index in [2.05, 4.69) is 4.90 Å². The van der Waals surface area contributed by atoms with Crippen molar-refractivity contribution in [1.82, 2.24) is 14.8 Å². The molecule has 214 valence electrons. The van der Waals surface area contributed by atoms with E-state index in [1.165, 1.54) is 28.1 Å². The predicted molar refractivity (Wildman–Crippen MR) is 154 cm³/mol. The van der Waals surface area contributed by atoms with Gasteiger partial charge in [0.1, 0.15) is 18.1 Å². The van der Waals surface area contributed by atoms with Crippen LogP contribution in [0.1, 0.15) is 39.5 Å². The Kier molecular flexibility index (Phi) is 9.06. The molecule has 8 nitrogen and oxygen atoms in total. The van der Waals surface area contributed by atoms with Crippen LogP contribution in [0.4, 0.5) is 4.39 Å². The summed E-state index contributed by atoms with van der Waals surface area (Å²) < 4.78 is 24.9. The lowest BCUT2D eigenvalue weighted by Gasteiger charge is -2.31. The molecule has 0 radical (unpaired) electrons. The molecule has 1 saturated heterocycles. The lowest BCUT2D eigenvalue weighted by molar-refractivity contribution is -0.133. The summed E-state index contributed by atoms with van der Waals surface area (Å²) in [7, 11) is 1.61. The number of halogens is 1. The van der Waals surface area contributed by atoms with Gasteiger partial charge in [-0.25, -0.2) is 9.40 Å². The minimum absolute atomic E-state index is 0.184. The second kappa shape index (κ2) is 13.1. The average Bonchev–Trinajstić information content (AvgIpc) is 3.45. The number of hydrogen-bond acceptors (Lipinski definition) is 6. The summed E-state index contributed by atoms with van der Waals surface area (Å²) in [5.41, 5.74) is 3.92. The molecule has 0 saturated carbocycles. The van der Waals surface area contributed by atoms with Gasteiger partial charge in [0.2, 0.25) is 0 Å². The van der Waals surface area contributed by atoms with Crippen molar-refractivity contribution in [2.45, 2.75) is 19.4 Å². The first-order valence-corrected chi connectivity index (χ1v) is 13.9. The van der Waals surface area contributed by atoms with Crippen molar-refractivity contribution in [3.63, 3.8) is 0 Å². The molecular formula is C32H35FN4O4. The maximum Gasteiger partial charge on any atom is 0.262 e.